The molecule has 1 atom stereocenters. The molecule has 3 rings (SSSR count). The summed E-state index contributed by atoms with van der Waals surface area (Å²) in [5.41, 5.74) is 1.30. The first-order chi connectivity index (χ1) is 10.4. The van der Waals surface area contributed by atoms with E-state index in [1.807, 2.05) is 29.2 Å². The van der Waals surface area contributed by atoms with E-state index >= 15 is 0 Å². The van der Waals surface area contributed by atoms with Crippen molar-refractivity contribution in [3.8, 4) is 0 Å². The highest BCUT2D eigenvalue weighted by atomic mass is 16.3. The Bertz CT molecular complexity index is 522. The lowest BCUT2D eigenvalue weighted by Crippen LogP contribution is -2.41. The largest absolute Gasteiger partial charge is 0.395 e. The van der Waals surface area contributed by atoms with Gasteiger partial charge in [0.1, 0.15) is 0 Å². The topological polar surface area (TPSA) is 41.3 Å². The molecule has 0 amide bonds. The Hall–Kier alpha value is -1.65. The lowest BCUT2D eigenvalue weighted by Gasteiger charge is -2.30. The minimum atomic E-state index is 0.247. The van der Waals surface area contributed by atoms with Gasteiger partial charge in [0.25, 0.3) is 0 Å². The zero-order valence-corrected chi connectivity index (χ0v) is 12.3. The smallest absolute Gasteiger partial charge is 0.0589 e. The minimum absolute atomic E-state index is 0.247. The maximum absolute atomic E-state index is 9.78. The van der Waals surface area contributed by atoms with Gasteiger partial charge < -0.3 is 5.11 Å². The maximum Gasteiger partial charge on any atom is 0.0589 e. The van der Waals surface area contributed by atoms with Crippen molar-refractivity contribution in [2.24, 2.45) is 5.92 Å². The Morgan fingerprint density at radius 3 is 2.67 bits per heavy atom. The first-order valence-electron chi connectivity index (χ1n) is 7.73. The van der Waals surface area contributed by atoms with Crippen LogP contribution in [-0.4, -0.2) is 39.0 Å². The number of rotatable bonds is 8. The van der Waals surface area contributed by atoms with Crippen molar-refractivity contribution in [3.05, 3.63) is 54.4 Å². The first-order valence-corrected chi connectivity index (χ1v) is 7.73. The molecule has 0 saturated heterocycles. The summed E-state index contributed by atoms with van der Waals surface area (Å²) < 4.78 is 1.96. The van der Waals surface area contributed by atoms with E-state index in [9.17, 15) is 5.11 Å². The molecule has 0 radical (unpaired) electrons. The van der Waals surface area contributed by atoms with Crippen LogP contribution < -0.4 is 0 Å². The van der Waals surface area contributed by atoms with E-state index in [2.05, 4.69) is 34.3 Å². The highest BCUT2D eigenvalue weighted by Crippen LogP contribution is 2.35. The van der Waals surface area contributed by atoms with Crippen molar-refractivity contribution in [2.75, 3.05) is 13.2 Å². The zero-order valence-electron chi connectivity index (χ0n) is 12.3. The molecule has 1 aliphatic carbocycles. The van der Waals surface area contributed by atoms with Crippen LogP contribution >= 0.6 is 0 Å². The molecule has 112 valence electrons. The van der Waals surface area contributed by atoms with E-state index in [0.717, 1.165) is 19.6 Å². The highest BCUT2D eigenvalue weighted by Gasteiger charge is 2.34. The number of benzene rings is 1. The molecule has 2 aromatic rings. The number of nitrogens with zero attached hydrogens (tertiary/aromatic N) is 3. The molecule has 1 N–H and O–H groups in total. The van der Waals surface area contributed by atoms with Gasteiger partial charge in [0, 0.05) is 31.5 Å². The molecule has 1 aliphatic rings. The van der Waals surface area contributed by atoms with Crippen LogP contribution in [0.4, 0.5) is 0 Å². The lowest BCUT2D eigenvalue weighted by atomic mass is 10.1. The molecular formula is C17H23N3O. The van der Waals surface area contributed by atoms with Crippen LogP contribution in [0.2, 0.25) is 0 Å². The Balaban J connectivity index is 1.67. The number of hydrogen-bond acceptors (Lipinski definition) is 3. The number of aliphatic hydroxyl groups is 1. The fourth-order valence-electron chi connectivity index (χ4n) is 2.89. The average Bonchev–Trinajstić information content (AvgIpc) is 3.21. The van der Waals surface area contributed by atoms with Crippen LogP contribution in [0.3, 0.4) is 0 Å². The molecule has 21 heavy (non-hydrogen) atoms. The molecule has 0 spiro atoms. The number of aromatic nitrogens is 2. The molecule has 1 aromatic heterocycles. The summed E-state index contributed by atoms with van der Waals surface area (Å²) in [4.78, 5) is 2.41. The summed E-state index contributed by atoms with van der Waals surface area (Å²) in [6.07, 6.45) is 6.30. The van der Waals surface area contributed by atoms with Crippen molar-refractivity contribution in [2.45, 2.75) is 32.0 Å². The third kappa shape index (κ3) is 3.93. The standard InChI is InChI=1S/C17H23N3O/c21-14-17(16-7-8-16)19(11-12-20-10-4-9-18-20)13-15-5-2-1-3-6-15/h1-6,9-10,16-17,21H,7-8,11-14H2. The van der Waals surface area contributed by atoms with E-state index in [-0.39, 0.29) is 12.6 Å². The van der Waals surface area contributed by atoms with E-state index in [1.54, 1.807) is 0 Å². The number of hydrogen-bond donors (Lipinski definition) is 1. The van der Waals surface area contributed by atoms with Gasteiger partial charge in [-0.2, -0.15) is 5.10 Å². The van der Waals surface area contributed by atoms with Crippen LogP contribution in [0.1, 0.15) is 18.4 Å². The van der Waals surface area contributed by atoms with Crippen LogP contribution in [0.15, 0.2) is 48.8 Å². The second kappa shape index (κ2) is 6.87. The molecule has 1 aromatic carbocycles. The van der Waals surface area contributed by atoms with Gasteiger partial charge in [0.2, 0.25) is 0 Å². The first kappa shape index (κ1) is 14.3. The summed E-state index contributed by atoms with van der Waals surface area (Å²) in [6.45, 7) is 2.92. The molecule has 0 aliphatic heterocycles. The van der Waals surface area contributed by atoms with Gasteiger partial charge >= 0.3 is 0 Å². The zero-order chi connectivity index (χ0) is 14.5. The Morgan fingerprint density at radius 1 is 1.24 bits per heavy atom. The Labute approximate surface area is 126 Å². The van der Waals surface area contributed by atoms with E-state index < -0.39 is 0 Å². The fraction of sp³-hybridized carbons (Fsp3) is 0.471. The predicted molar refractivity (Wildman–Crippen MR) is 82.7 cm³/mol. The van der Waals surface area contributed by atoms with Crippen LogP contribution in [0.25, 0.3) is 0 Å². The minimum Gasteiger partial charge on any atom is -0.395 e. The van der Waals surface area contributed by atoms with E-state index in [4.69, 9.17) is 0 Å². The van der Waals surface area contributed by atoms with Gasteiger partial charge in [-0.1, -0.05) is 30.3 Å². The average molecular weight is 285 g/mol. The van der Waals surface area contributed by atoms with Gasteiger partial charge in [-0.3, -0.25) is 9.58 Å². The Kier molecular flexibility index (Phi) is 4.68. The summed E-state index contributed by atoms with van der Waals surface area (Å²) >= 11 is 0. The molecule has 0 bridgehead atoms. The van der Waals surface area contributed by atoms with Gasteiger partial charge in [-0.05, 0) is 30.4 Å². The normalized spacial score (nSPS) is 16.3. The molecule has 1 saturated carbocycles. The summed E-state index contributed by atoms with van der Waals surface area (Å²) in [5, 5.41) is 14.0. The second-order valence-electron chi connectivity index (χ2n) is 5.81. The predicted octanol–water partition coefficient (Wildman–Crippen LogP) is 2.16. The summed E-state index contributed by atoms with van der Waals surface area (Å²) in [5.74, 6) is 0.663. The van der Waals surface area contributed by atoms with Crippen molar-refractivity contribution in [1.29, 1.82) is 0 Å². The van der Waals surface area contributed by atoms with E-state index in [1.165, 1.54) is 18.4 Å². The van der Waals surface area contributed by atoms with Gasteiger partial charge in [-0.15, -0.1) is 0 Å². The molecule has 1 unspecified atom stereocenters. The molecule has 4 nitrogen and oxygen atoms in total. The quantitative estimate of drug-likeness (QED) is 0.808. The van der Waals surface area contributed by atoms with Gasteiger partial charge in [0.05, 0.1) is 13.2 Å². The third-order valence-corrected chi connectivity index (χ3v) is 4.23. The van der Waals surface area contributed by atoms with Crippen molar-refractivity contribution in [1.82, 2.24) is 14.7 Å². The van der Waals surface area contributed by atoms with Gasteiger partial charge in [-0.25, -0.2) is 0 Å². The number of aliphatic hydroxyl groups excluding tert-OH is 1. The molecular weight excluding hydrogens is 262 g/mol. The molecule has 1 fully saturated rings. The Morgan fingerprint density at radius 2 is 2.05 bits per heavy atom. The molecule has 1 heterocycles. The third-order valence-electron chi connectivity index (χ3n) is 4.23. The second-order valence-corrected chi connectivity index (χ2v) is 5.81. The molecule has 4 heteroatoms. The fourth-order valence-corrected chi connectivity index (χ4v) is 2.89. The maximum atomic E-state index is 9.78. The van der Waals surface area contributed by atoms with Crippen LogP contribution in [0.5, 0.6) is 0 Å². The summed E-state index contributed by atoms with van der Waals surface area (Å²) in [6, 6.07) is 12.7. The van der Waals surface area contributed by atoms with Crippen LogP contribution in [-0.2, 0) is 13.1 Å². The van der Waals surface area contributed by atoms with Crippen molar-refractivity contribution in [3.63, 3.8) is 0 Å². The SMILES string of the molecule is OCC(C1CC1)N(CCn1cccn1)Cc1ccccc1. The van der Waals surface area contributed by atoms with Crippen molar-refractivity contribution >= 4 is 0 Å². The van der Waals surface area contributed by atoms with Crippen LogP contribution in [0, 0.1) is 5.92 Å². The lowest BCUT2D eigenvalue weighted by molar-refractivity contribution is 0.0964. The summed E-state index contributed by atoms with van der Waals surface area (Å²) in [7, 11) is 0. The monoisotopic (exact) mass is 285 g/mol. The van der Waals surface area contributed by atoms with E-state index in [0.29, 0.717) is 5.92 Å². The highest BCUT2D eigenvalue weighted by molar-refractivity contribution is 5.14. The van der Waals surface area contributed by atoms with Crippen molar-refractivity contribution < 1.29 is 5.11 Å². The van der Waals surface area contributed by atoms with Gasteiger partial charge in [0.15, 0.2) is 0 Å².